The highest BCUT2D eigenvalue weighted by Gasteiger charge is 2.28. The quantitative estimate of drug-likeness (QED) is 0.575. The maximum absolute atomic E-state index is 12.2. The van der Waals surface area contributed by atoms with Crippen LogP contribution in [0.15, 0.2) is 29.2 Å². The summed E-state index contributed by atoms with van der Waals surface area (Å²) >= 11 is 7.39. The lowest BCUT2D eigenvalue weighted by molar-refractivity contribution is -0.122. The van der Waals surface area contributed by atoms with Gasteiger partial charge in [0.1, 0.15) is 0 Å². The maximum Gasteiger partial charge on any atom is 0.236 e. The van der Waals surface area contributed by atoms with Gasteiger partial charge in [-0.15, -0.1) is 11.8 Å². The van der Waals surface area contributed by atoms with E-state index in [1.165, 1.54) is 11.8 Å². The van der Waals surface area contributed by atoms with Crippen LogP contribution in [0.2, 0.25) is 5.02 Å². The van der Waals surface area contributed by atoms with E-state index in [1.54, 1.807) is 0 Å². The maximum atomic E-state index is 12.2. The third-order valence-corrected chi connectivity index (χ3v) is 4.25. The van der Waals surface area contributed by atoms with Crippen molar-refractivity contribution in [2.24, 2.45) is 0 Å². The van der Waals surface area contributed by atoms with E-state index in [2.05, 4.69) is 5.32 Å². The fourth-order valence-corrected chi connectivity index (χ4v) is 2.80. The zero-order chi connectivity index (χ0) is 15.9. The molecule has 3 nitrogen and oxygen atoms in total. The van der Waals surface area contributed by atoms with Gasteiger partial charge in [0.25, 0.3) is 0 Å². The van der Waals surface area contributed by atoms with Gasteiger partial charge in [0.05, 0.1) is 10.9 Å². The summed E-state index contributed by atoms with van der Waals surface area (Å²) in [4.78, 5) is 13.3. The summed E-state index contributed by atoms with van der Waals surface area (Å²) in [5, 5.41) is 3.66. The number of hydrogen-bond acceptors (Lipinski definition) is 3. The summed E-state index contributed by atoms with van der Waals surface area (Å²) in [6, 6.07) is 7.53. The molecule has 0 atom stereocenters. The Kier molecular flexibility index (Phi) is 7.57. The first kappa shape index (κ1) is 18.3. The smallest absolute Gasteiger partial charge is 0.236 e. The van der Waals surface area contributed by atoms with Crippen molar-refractivity contribution in [3.05, 3.63) is 29.3 Å². The van der Waals surface area contributed by atoms with Gasteiger partial charge < -0.3 is 10.1 Å². The van der Waals surface area contributed by atoms with Crippen LogP contribution in [0.3, 0.4) is 0 Å². The van der Waals surface area contributed by atoms with Gasteiger partial charge in [-0.1, -0.05) is 11.6 Å². The van der Waals surface area contributed by atoms with Crippen molar-refractivity contribution in [2.75, 3.05) is 13.2 Å². The van der Waals surface area contributed by atoms with Gasteiger partial charge in [0.2, 0.25) is 5.91 Å². The zero-order valence-corrected chi connectivity index (χ0v) is 14.7. The number of benzene rings is 1. The van der Waals surface area contributed by atoms with Crippen molar-refractivity contribution in [1.82, 2.24) is 5.32 Å². The lowest BCUT2D eigenvalue weighted by atomic mass is 10.2. The van der Waals surface area contributed by atoms with Gasteiger partial charge >= 0.3 is 0 Å². The third-order valence-electron chi connectivity index (χ3n) is 2.79. The molecular weight excluding hydrogens is 306 g/mol. The lowest BCUT2D eigenvalue weighted by Gasteiger charge is -2.23. The largest absolute Gasteiger partial charge is 0.379 e. The van der Waals surface area contributed by atoms with Crippen LogP contribution in [0.5, 0.6) is 0 Å². The number of carbonyl (C=O) groups is 1. The van der Waals surface area contributed by atoms with E-state index in [9.17, 15) is 4.79 Å². The van der Waals surface area contributed by atoms with Crippen LogP contribution in [0.25, 0.3) is 0 Å². The minimum atomic E-state index is -0.521. The molecule has 1 aromatic rings. The number of thioether (sulfide) groups is 1. The molecule has 1 rings (SSSR count). The summed E-state index contributed by atoms with van der Waals surface area (Å²) in [6.45, 7) is 9.16. The van der Waals surface area contributed by atoms with E-state index in [-0.39, 0.29) is 12.0 Å². The summed E-state index contributed by atoms with van der Waals surface area (Å²) in [7, 11) is 0. The predicted molar refractivity (Wildman–Crippen MR) is 90.1 cm³/mol. The minimum absolute atomic E-state index is 0.0343. The zero-order valence-electron chi connectivity index (χ0n) is 13.1. The average molecular weight is 330 g/mol. The molecule has 0 fully saturated rings. The minimum Gasteiger partial charge on any atom is -0.379 e. The van der Waals surface area contributed by atoms with Gasteiger partial charge in [-0.05, 0) is 58.4 Å². The van der Waals surface area contributed by atoms with E-state index in [0.717, 1.165) is 11.3 Å². The number of hydrogen-bond donors (Lipinski definition) is 1. The van der Waals surface area contributed by atoms with Crippen LogP contribution in [0.4, 0.5) is 0 Å². The Labute approximate surface area is 136 Å². The Morgan fingerprint density at radius 1 is 1.33 bits per heavy atom. The molecule has 0 saturated heterocycles. The van der Waals surface area contributed by atoms with Crippen molar-refractivity contribution >= 4 is 29.3 Å². The fourth-order valence-electron chi connectivity index (χ4n) is 1.65. The standard InChI is InChI=1S/C16H24ClNO2S/c1-12(2)20-11-5-10-18-15(19)16(3,4)21-14-8-6-13(17)7-9-14/h6-9,12H,5,10-11H2,1-4H3,(H,18,19). The number of ether oxygens (including phenoxy) is 1. The number of amides is 1. The second kappa shape index (κ2) is 8.66. The molecule has 0 aliphatic rings. The van der Waals surface area contributed by atoms with Crippen molar-refractivity contribution < 1.29 is 9.53 Å². The molecule has 0 heterocycles. The normalized spacial score (nSPS) is 11.7. The van der Waals surface area contributed by atoms with Crippen LogP contribution >= 0.6 is 23.4 Å². The molecule has 0 aromatic heterocycles. The second-order valence-electron chi connectivity index (χ2n) is 5.60. The van der Waals surface area contributed by atoms with Crippen LogP contribution in [-0.2, 0) is 9.53 Å². The summed E-state index contributed by atoms with van der Waals surface area (Å²) < 4.78 is 4.93. The number of rotatable bonds is 8. The highest BCUT2D eigenvalue weighted by molar-refractivity contribution is 8.01. The van der Waals surface area contributed by atoms with E-state index >= 15 is 0 Å². The summed E-state index contributed by atoms with van der Waals surface area (Å²) in [5.74, 6) is 0.0343. The Hall–Kier alpha value is -0.710. The fraction of sp³-hybridized carbons (Fsp3) is 0.562. The molecule has 1 amide bonds. The van der Waals surface area contributed by atoms with Crippen LogP contribution in [-0.4, -0.2) is 29.9 Å². The van der Waals surface area contributed by atoms with E-state index in [1.807, 2.05) is 52.0 Å². The van der Waals surface area contributed by atoms with Crippen molar-refractivity contribution in [3.8, 4) is 0 Å². The first-order chi connectivity index (χ1) is 9.81. The molecule has 0 unspecified atom stereocenters. The predicted octanol–water partition coefficient (Wildman–Crippen LogP) is 4.14. The Morgan fingerprint density at radius 3 is 2.52 bits per heavy atom. The molecule has 0 spiro atoms. The van der Waals surface area contributed by atoms with Crippen molar-refractivity contribution in [2.45, 2.75) is 49.9 Å². The van der Waals surface area contributed by atoms with Gasteiger partial charge in [0, 0.05) is 23.1 Å². The third kappa shape index (κ3) is 7.21. The number of carbonyl (C=O) groups excluding carboxylic acids is 1. The SMILES string of the molecule is CC(C)OCCCNC(=O)C(C)(C)Sc1ccc(Cl)cc1. The number of halogens is 1. The number of nitrogens with one attached hydrogen (secondary N) is 1. The van der Waals surface area contributed by atoms with Gasteiger partial charge in [-0.25, -0.2) is 0 Å². The first-order valence-electron chi connectivity index (χ1n) is 7.16. The molecule has 0 aliphatic carbocycles. The lowest BCUT2D eigenvalue weighted by Crippen LogP contribution is -2.40. The van der Waals surface area contributed by atoms with Crippen LogP contribution in [0.1, 0.15) is 34.1 Å². The molecule has 0 aliphatic heterocycles. The monoisotopic (exact) mass is 329 g/mol. The molecule has 1 N–H and O–H groups in total. The molecule has 21 heavy (non-hydrogen) atoms. The van der Waals surface area contributed by atoms with Crippen molar-refractivity contribution in [1.29, 1.82) is 0 Å². The topological polar surface area (TPSA) is 38.3 Å². The van der Waals surface area contributed by atoms with Crippen LogP contribution < -0.4 is 5.32 Å². The molecule has 5 heteroatoms. The van der Waals surface area contributed by atoms with Gasteiger partial charge in [0.15, 0.2) is 0 Å². The summed E-state index contributed by atoms with van der Waals surface area (Å²) in [5.41, 5.74) is 0. The highest BCUT2D eigenvalue weighted by Crippen LogP contribution is 2.33. The molecular formula is C16H24ClNO2S. The van der Waals surface area contributed by atoms with Crippen LogP contribution in [0, 0.1) is 0 Å². The van der Waals surface area contributed by atoms with E-state index in [4.69, 9.17) is 16.3 Å². The van der Waals surface area contributed by atoms with Gasteiger partial charge in [-0.3, -0.25) is 4.79 Å². The Balaban J connectivity index is 2.38. The Morgan fingerprint density at radius 2 is 1.95 bits per heavy atom. The first-order valence-corrected chi connectivity index (χ1v) is 8.35. The Bertz CT molecular complexity index is 446. The molecule has 1 aromatic carbocycles. The molecule has 118 valence electrons. The second-order valence-corrected chi connectivity index (χ2v) is 7.73. The van der Waals surface area contributed by atoms with E-state index in [0.29, 0.717) is 18.2 Å². The highest BCUT2D eigenvalue weighted by atomic mass is 35.5. The average Bonchev–Trinajstić information content (AvgIpc) is 2.40. The van der Waals surface area contributed by atoms with Gasteiger partial charge in [-0.2, -0.15) is 0 Å². The summed E-state index contributed by atoms with van der Waals surface area (Å²) in [6.07, 6.45) is 1.06. The molecule has 0 radical (unpaired) electrons. The molecule has 0 saturated carbocycles. The van der Waals surface area contributed by atoms with Crippen molar-refractivity contribution in [3.63, 3.8) is 0 Å². The molecule has 0 bridgehead atoms. The van der Waals surface area contributed by atoms with E-state index < -0.39 is 4.75 Å².